The molecule has 0 bridgehead atoms. The summed E-state index contributed by atoms with van der Waals surface area (Å²) in [5.74, 6) is 0. The van der Waals surface area contributed by atoms with Crippen molar-refractivity contribution >= 4 is 35.2 Å². The van der Waals surface area contributed by atoms with Gasteiger partial charge in [-0.1, -0.05) is 99.4 Å². The van der Waals surface area contributed by atoms with Crippen LogP contribution in [-0.2, 0) is 25.5 Å². The summed E-state index contributed by atoms with van der Waals surface area (Å²) >= 11 is 0. The van der Waals surface area contributed by atoms with Crippen LogP contribution in [0.5, 0.6) is 0 Å². The average Bonchev–Trinajstić information content (AvgIpc) is 3.42. The van der Waals surface area contributed by atoms with Gasteiger partial charge in [0, 0.05) is 37.9 Å². The molecule has 7 rings (SSSR count). The third kappa shape index (κ3) is 7.86. The first kappa shape index (κ1) is 36.1. The molecule has 0 aliphatic rings. The van der Waals surface area contributed by atoms with Gasteiger partial charge in [0.15, 0.2) is 0 Å². The molecule has 0 unspecified atom stereocenters. The van der Waals surface area contributed by atoms with E-state index >= 15 is 0 Å². The zero-order chi connectivity index (χ0) is 34.2. The molecule has 3 heterocycles. The van der Waals surface area contributed by atoms with Gasteiger partial charge in [-0.25, -0.2) is 0 Å². The molecule has 0 fully saturated rings. The standard InChI is InChI=1S/C30H28NO.C14H16NSi.Ir/c1-18-14-19(2)28(20(3)15-18)21-10-11-23-24-8-7-9-25(29(24)32-27(23)16-21)26-17-22(12-13-31-26)30(4,5)6;1-16(2,3)13-9-10-14(15-11-13)12-7-5-4-6-8-12;/h7-8,10-17H,1-6H3;4-7,9-11H,1-3H3;/q2*-1;. The van der Waals surface area contributed by atoms with E-state index in [1.807, 2.05) is 42.7 Å². The molecular weight excluding hydrogens is 793 g/mol. The summed E-state index contributed by atoms with van der Waals surface area (Å²) in [6.07, 6.45) is 3.90. The van der Waals surface area contributed by atoms with Crippen LogP contribution >= 0.6 is 0 Å². The van der Waals surface area contributed by atoms with Crippen molar-refractivity contribution in [1.82, 2.24) is 9.97 Å². The fraction of sp³-hybridized carbons (Fsp3) is 0.227. The molecule has 0 amide bonds. The molecule has 251 valence electrons. The molecule has 3 nitrogen and oxygen atoms in total. The summed E-state index contributed by atoms with van der Waals surface area (Å²) in [7, 11) is -1.23. The third-order valence-electron chi connectivity index (χ3n) is 8.90. The van der Waals surface area contributed by atoms with Crippen LogP contribution in [0.25, 0.3) is 55.6 Å². The monoisotopic (exact) mass is 837 g/mol. The maximum absolute atomic E-state index is 6.46. The van der Waals surface area contributed by atoms with Crippen molar-refractivity contribution in [2.75, 3.05) is 0 Å². The summed E-state index contributed by atoms with van der Waals surface area (Å²) < 4.78 is 6.46. The number of aryl methyl sites for hydroxylation is 3. The quantitative estimate of drug-likeness (QED) is 0.131. The van der Waals surface area contributed by atoms with E-state index in [1.165, 1.54) is 38.6 Å². The van der Waals surface area contributed by atoms with Crippen LogP contribution < -0.4 is 5.19 Å². The van der Waals surface area contributed by atoms with Gasteiger partial charge >= 0.3 is 0 Å². The smallest absolute Gasteiger partial charge is 0.121 e. The molecular formula is C44H44IrN2OSi-2. The molecule has 7 aromatic rings. The van der Waals surface area contributed by atoms with Gasteiger partial charge < -0.3 is 14.4 Å². The molecule has 0 atom stereocenters. The minimum atomic E-state index is -1.23. The Kier molecular flexibility index (Phi) is 10.6. The molecule has 1 radical (unpaired) electrons. The molecule has 4 aromatic carbocycles. The number of fused-ring (bicyclic) bond motifs is 3. The number of rotatable bonds is 4. The summed E-state index contributed by atoms with van der Waals surface area (Å²) in [6.45, 7) is 20.1. The van der Waals surface area contributed by atoms with Crippen molar-refractivity contribution in [3.8, 4) is 33.6 Å². The van der Waals surface area contributed by atoms with Gasteiger partial charge in [0.1, 0.15) is 5.58 Å². The molecule has 49 heavy (non-hydrogen) atoms. The van der Waals surface area contributed by atoms with Crippen molar-refractivity contribution in [2.45, 2.75) is 66.6 Å². The molecule has 0 N–H and O–H groups in total. The maximum Gasteiger partial charge on any atom is 0.121 e. The van der Waals surface area contributed by atoms with Crippen molar-refractivity contribution in [3.05, 3.63) is 138 Å². The summed E-state index contributed by atoms with van der Waals surface area (Å²) in [6, 6.07) is 38.2. The fourth-order valence-corrected chi connectivity index (χ4v) is 7.34. The Morgan fingerprint density at radius 1 is 0.714 bits per heavy atom. The van der Waals surface area contributed by atoms with Gasteiger partial charge in [-0.05, 0) is 82.7 Å². The Hall–Kier alpha value is -4.15. The van der Waals surface area contributed by atoms with Gasteiger partial charge in [0.05, 0.1) is 13.7 Å². The second-order valence-corrected chi connectivity index (χ2v) is 19.9. The fourth-order valence-electron chi connectivity index (χ4n) is 6.31. The Morgan fingerprint density at radius 2 is 1.47 bits per heavy atom. The number of nitrogens with zero attached hydrogens (tertiary/aromatic N) is 2. The molecule has 0 saturated carbocycles. The summed E-state index contributed by atoms with van der Waals surface area (Å²) in [5, 5.41) is 3.61. The minimum Gasteiger partial charge on any atom is -0.501 e. The van der Waals surface area contributed by atoms with Crippen LogP contribution in [0.3, 0.4) is 0 Å². The maximum atomic E-state index is 6.46. The Morgan fingerprint density at radius 3 is 2.10 bits per heavy atom. The SMILES string of the molecule is C[Si](C)(C)c1ccc(-c2[c-]cccc2)nc1.Cc1cc(C)c(-c2ccc3c(c2)oc2c(-c4cc(C(C)(C)C)ccn4)[c-]ccc23)c(C)c1.[Ir]. The second kappa shape index (κ2) is 14.4. The normalized spacial score (nSPS) is 11.6. The van der Waals surface area contributed by atoms with E-state index in [-0.39, 0.29) is 25.5 Å². The Bertz CT molecular complexity index is 2200. The summed E-state index contributed by atoms with van der Waals surface area (Å²) in [4.78, 5) is 9.17. The largest absolute Gasteiger partial charge is 0.501 e. The van der Waals surface area contributed by atoms with E-state index in [0.717, 1.165) is 44.5 Å². The van der Waals surface area contributed by atoms with Crippen molar-refractivity contribution in [1.29, 1.82) is 0 Å². The zero-order valence-corrected chi connectivity index (χ0v) is 33.3. The number of aromatic nitrogens is 2. The molecule has 0 aliphatic carbocycles. The third-order valence-corrected chi connectivity index (χ3v) is 10.9. The van der Waals surface area contributed by atoms with Crippen molar-refractivity contribution in [3.63, 3.8) is 0 Å². The Labute approximate surface area is 306 Å². The number of hydrogen-bond donors (Lipinski definition) is 0. The minimum absolute atomic E-state index is 0. The van der Waals surface area contributed by atoms with Crippen LogP contribution in [0.4, 0.5) is 0 Å². The number of pyridine rings is 2. The first-order valence-electron chi connectivity index (χ1n) is 16.7. The van der Waals surface area contributed by atoms with Crippen LogP contribution in [0, 0.1) is 32.9 Å². The number of hydrogen-bond acceptors (Lipinski definition) is 3. The van der Waals surface area contributed by atoms with Crippen LogP contribution in [0.1, 0.15) is 43.0 Å². The predicted octanol–water partition coefficient (Wildman–Crippen LogP) is 11.4. The molecule has 3 aromatic heterocycles. The Balaban J connectivity index is 0.000000233. The molecule has 0 saturated heterocycles. The first-order valence-corrected chi connectivity index (χ1v) is 20.2. The average molecular weight is 837 g/mol. The van der Waals surface area contributed by atoms with E-state index in [9.17, 15) is 0 Å². The number of benzene rings is 4. The van der Waals surface area contributed by atoms with E-state index in [4.69, 9.17) is 4.42 Å². The van der Waals surface area contributed by atoms with E-state index in [2.05, 4.69) is 144 Å². The number of furan rings is 1. The first-order chi connectivity index (χ1) is 22.8. The second-order valence-electron chi connectivity index (χ2n) is 14.8. The predicted molar refractivity (Wildman–Crippen MR) is 206 cm³/mol. The van der Waals surface area contributed by atoms with Gasteiger partial charge in [-0.2, -0.15) is 0 Å². The van der Waals surface area contributed by atoms with Crippen molar-refractivity contribution < 1.29 is 24.5 Å². The van der Waals surface area contributed by atoms with Crippen LogP contribution in [-0.4, -0.2) is 18.0 Å². The summed E-state index contributed by atoms with van der Waals surface area (Å²) in [5.41, 5.74) is 13.2. The van der Waals surface area contributed by atoms with E-state index in [0.29, 0.717) is 0 Å². The molecule has 0 spiro atoms. The van der Waals surface area contributed by atoms with Crippen molar-refractivity contribution in [2.24, 2.45) is 0 Å². The van der Waals surface area contributed by atoms with Gasteiger partial charge in [0.25, 0.3) is 0 Å². The topological polar surface area (TPSA) is 38.9 Å². The van der Waals surface area contributed by atoms with Gasteiger partial charge in [-0.3, -0.25) is 0 Å². The van der Waals surface area contributed by atoms with Gasteiger partial charge in [0.2, 0.25) is 0 Å². The van der Waals surface area contributed by atoms with Crippen LogP contribution in [0.2, 0.25) is 19.6 Å². The molecule has 5 heteroatoms. The zero-order valence-electron chi connectivity index (χ0n) is 30.0. The van der Waals surface area contributed by atoms with Gasteiger partial charge in [-0.15, -0.1) is 54.1 Å². The van der Waals surface area contributed by atoms with E-state index < -0.39 is 8.07 Å². The van der Waals surface area contributed by atoms with E-state index in [1.54, 1.807) is 0 Å². The van der Waals surface area contributed by atoms with Crippen LogP contribution in [0.15, 0.2) is 108 Å². The molecule has 0 aliphatic heterocycles.